The lowest BCUT2D eigenvalue weighted by Gasteiger charge is -2.20. The van der Waals surface area contributed by atoms with Crippen LogP contribution >= 0.6 is 0 Å². The van der Waals surface area contributed by atoms with Gasteiger partial charge in [0, 0.05) is 0 Å². The summed E-state index contributed by atoms with van der Waals surface area (Å²) in [4.78, 5) is 0. The molecule has 0 aliphatic heterocycles. The van der Waals surface area contributed by atoms with Gasteiger partial charge in [0.15, 0.2) is 0 Å². The van der Waals surface area contributed by atoms with Crippen molar-refractivity contribution >= 4 is 0 Å². The molecule has 62 heavy (non-hydrogen) atoms. The van der Waals surface area contributed by atoms with Crippen LogP contribution < -0.4 is 0 Å². The minimum Gasteiger partial charge on any atom is -0.0776 e. The van der Waals surface area contributed by atoms with Crippen LogP contribution in [0.25, 0.3) is 0 Å². The first kappa shape index (κ1) is 178. The van der Waals surface area contributed by atoms with Crippen molar-refractivity contribution in [2.24, 2.45) is 59.2 Å². The molecule has 0 aromatic heterocycles. The van der Waals surface area contributed by atoms with E-state index in [2.05, 4.69) is 96.9 Å². The molecular formula is C62H176. The van der Waals surface area contributed by atoms with Crippen LogP contribution in [-0.2, 0) is 0 Å². The Morgan fingerprint density at radius 1 is 0.177 bits per heavy atom. The van der Waals surface area contributed by atoms with E-state index in [4.69, 9.17) is 0 Å². The average molecular weight is 922 g/mol. The van der Waals surface area contributed by atoms with Crippen molar-refractivity contribution in [3.05, 3.63) is 0 Å². The first-order chi connectivity index (χ1) is 17.7. The Hall–Kier alpha value is 0. The summed E-state index contributed by atoms with van der Waals surface area (Å²) in [7, 11) is 0. The Labute approximate surface area is 422 Å². The molecule has 8 unspecified atom stereocenters. The first-order valence-corrected chi connectivity index (χ1v) is 17.7. The largest absolute Gasteiger partial charge is 0.0776 e. The molecule has 0 heterocycles. The summed E-state index contributed by atoms with van der Waals surface area (Å²) in [5.41, 5.74) is 0. The Morgan fingerprint density at radius 2 is 0.306 bits per heavy atom. The fourth-order valence-electron chi connectivity index (χ4n) is 6.35. The quantitative estimate of drug-likeness (QED) is 0.102. The zero-order chi connectivity index (χ0) is 29.7. The summed E-state index contributed by atoms with van der Waals surface area (Å²) in [6, 6.07) is 0. The van der Waals surface area contributed by atoms with Crippen molar-refractivity contribution in [3.8, 4) is 0 Å². The SMILES string of the molecule is C.C.C.C.C.C.C.C.C.C.C.C.C.C.C.C.C.C.C.C.C.C.C.C.CCC(C)CC(C)CCC(C)CCC(C)CC(C)C.CCC(C)CC(C)CCC(C)CCC(C)CC(C)C. The Morgan fingerprint density at radius 3 is 0.435 bits per heavy atom. The Kier molecular flexibility index (Phi) is 326. The van der Waals surface area contributed by atoms with Crippen molar-refractivity contribution in [2.75, 3.05) is 0 Å². The van der Waals surface area contributed by atoms with Gasteiger partial charge >= 0.3 is 0 Å². The first-order valence-electron chi connectivity index (χ1n) is 17.7. The monoisotopic (exact) mass is 921 g/mol. The minimum atomic E-state index is 0. The molecule has 0 aliphatic rings. The lowest BCUT2D eigenvalue weighted by Crippen LogP contribution is -2.07. The molecule has 0 radical (unpaired) electrons. The molecule has 0 N–H and O–H groups in total. The van der Waals surface area contributed by atoms with Crippen LogP contribution in [-0.4, -0.2) is 0 Å². The van der Waals surface area contributed by atoms with E-state index < -0.39 is 0 Å². The van der Waals surface area contributed by atoms with Crippen LogP contribution in [0.2, 0.25) is 0 Å². The van der Waals surface area contributed by atoms with Crippen LogP contribution in [0.3, 0.4) is 0 Å². The smallest absolute Gasteiger partial charge is 0.0440 e. The summed E-state index contributed by atoms with van der Waals surface area (Å²) in [5, 5.41) is 0. The van der Waals surface area contributed by atoms with Crippen LogP contribution in [0.15, 0.2) is 0 Å². The van der Waals surface area contributed by atoms with Gasteiger partial charge in [0.1, 0.15) is 0 Å². The van der Waals surface area contributed by atoms with Gasteiger partial charge in [-0.3, -0.25) is 0 Å². The zero-order valence-electron chi connectivity index (χ0n) is 29.7. The van der Waals surface area contributed by atoms with Gasteiger partial charge in [0.25, 0.3) is 0 Å². The fourth-order valence-corrected chi connectivity index (χ4v) is 6.35. The minimum absolute atomic E-state index is 0. The molecule has 0 amide bonds. The average Bonchev–Trinajstić information content (AvgIpc) is 2.83. The Bertz CT molecular complexity index is 432. The maximum atomic E-state index is 2.46. The molecule has 0 rings (SSSR count). The molecule has 0 saturated carbocycles. The normalized spacial score (nSPS) is 11.2. The highest BCUT2D eigenvalue weighted by Gasteiger charge is 2.13. The standard InChI is InChI=1S/2C19H40.24CH4/c2*1-8-16(4)14-19(7)12-10-17(5)9-11-18(6)13-15(2)3;;;;;;;;;;;;;;;;;;;;;;;;/h2*15-19H,8-14H2,1-7H3;24*1H4. The van der Waals surface area contributed by atoms with E-state index >= 15 is 0 Å². The second-order valence-corrected chi connectivity index (χ2v) is 15.7. The van der Waals surface area contributed by atoms with Gasteiger partial charge < -0.3 is 0 Å². The number of rotatable bonds is 22. The molecule has 0 aromatic carbocycles. The molecule has 8 atom stereocenters. The molecule has 0 bridgehead atoms. The van der Waals surface area contributed by atoms with Crippen molar-refractivity contribution in [1.29, 1.82) is 0 Å². The summed E-state index contributed by atoms with van der Waals surface area (Å²) >= 11 is 0. The van der Waals surface area contributed by atoms with E-state index in [1.165, 1.54) is 89.9 Å². The van der Waals surface area contributed by atoms with Gasteiger partial charge in [0.05, 0.1) is 0 Å². The molecule has 0 spiro atoms. The third-order valence-electron chi connectivity index (χ3n) is 9.36. The molecule has 0 fully saturated rings. The zero-order valence-corrected chi connectivity index (χ0v) is 29.7. The van der Waals surface area contributed by atoms with Crippen molar-refractivity contribution in [2.45, 2.75) is 365 Å². The second-order valence-electron chi connectivity index (χ2n) is 15.7. The van der Waals surface area contributed by atoms with E-state index in [0.717, 1.165) is 59.2 Å². The number of hydrogen-bond acceptors (Lipinski definition) is 0. The van der Waals surface area contributed by atoms with E-state index in [1.807, 2.05) is 0 Å². The summed E-state index contributed by atoms with van der Waals surface area (Å²) in [6.07, 6.45) is 19.8. The number of hydrogen-bond donors (Lipinski definition) is 0. The van der Waals surface area contributed by atoms with E-state index in [1.54, 1.807) is 0 Å². The van der Waals surface area contributed by atoms with Gasteiger partial charge in [-0.2, -0.15) is 0 Å². The molecular weight excluding hydrogens is 745 g/mol. The Balaban J connectivity index is -0.0000000126. The molecule has 0 aliphatic carbocycles. The van der Waals surface area contributed by atoms with Crippen molar-refractivity contribution in [3.63, 3.8) is 0 Å². The summed E-state index contributed by atoms with van der Waals surface area (Å²) in [6.45, 7) is 33.5. The lowest BCUT2D eigenvalue weighted by atomic mass is 9.86. The van der Waals surface area contributed by atoms with Gasteiger partial charge in [-0.25, -0.2) is 0 Å². The third-order valence-corrected chi connectivity index (χ3v) is 9.36. The predicted molar refractivity (Wildman–Crippen MR) is 341 cm³/mol. The second kappa shape index (κ2) is 113. The van der Waals surface area contributed by atoms with Crippen LogP contribution in [0.4, 0.5) is 0 Å². The molecule has 0 nitrogen and oxygen atoms in total. The molecule has 0 heteroatoms. The molecule has 0 saturated heterocycles. The fraction of sp³-hybridized carbons (Fsp3) is 1.00. The highest BCUT2D eigenvalue weighted by molar-refractivity contribution is 4.65. The van der Waals surface area contributed by atoms with E-state index in [9.17, 15) is 0 Å². The molecule has 0 aromatic rings. The van der Waals surface area contributed by atoms with E-state index in [0.29, 0.717) is 0 Å². The highest BCUT2D eigenvalue weighted by Crippen LogP contribution is 2.26. The van der Waals surface area contributed by atoms with Crippen molar-refractivity contribution in [1.82, 2.24) is 0 Å². The van der Waals surface area contributed by atoms with Crippen LogP contribution in [0, 0.1) is 59.2 Å². The lowest BCUT2D eigenvalue weighted by molar-refractivity contribution is 0.325. The summed E-state index contributed by atoms with van der Waals surface area (Å²) < 4.78 is 0. The topological polar surface area (TPSA) is 0 Å². The third kappa shape index (κ3) is 131. The predicted octanol–water partition coefficient (Wildman–Crippen LogP) is 29.1. The van der Waals surface area contributed by atoms with Crippen molar-refractivity contribution < 1.29 is 0 Å². The molecule has 424 valence electrons. The van der Waals surface area contributed by atoms with Gasteiger partial charge in [-0.15, -0.1) is 0 Å². The van der Waals surface area contributed by atoms with Crippen LogP contribution in [0.1, 0.15) is 365 Å². The van der Waals surface area contributed by atoms with Gasteiger partial charge in [-0.1, -0.05) is 339 Å². The van der Waals surface area contributed by atoms with Crippen LogP contribution in [0.5, 0.6) is 0 Å². The van der Waals surface area contributed by atoms with Gasteiger partial charge in [-0.05, 0) is 84.9 Å². The van der Waals surface area contributed by atoms with Gasteiger partial charge in [0.2, 0.25) is 0 Å². The maximum absolute atomic E-state index is 2.46. The van der Waals surface area contributed by atoms with E-state index in [-0.39, 0.29) is 178 Å². The maximum Gasteiger partial charge on any atom is -0.0440 e. The highest BCUT2D eigenvalue weighted by atomic mass is 14.2. The summed E-state index contributed by atoms with van der Waals surface area (Å²) in [5.74, 6) is 9.08.